The predicted octanol–water partition coefficient (Wildman–Crippen LogP) is 1.78. The topological polar surface area (TPSA) is 35.5 Å². The van der Waals surface area contributed by atoms with Gasteiger partial charge in [-0.1, -0.05) is 30.3 Å². The molecule has 0 aliphatic carbocycles. The summed E-state index contributed by atoms with van der Waals surface area (Å²) in [7, 11) is -2.20. The van der Waals surface area contributed by atoms with Crippen LogP contribution in [0.15, 0.2) is 30.3 Å². The van der Waals surface area contributed by atoms with Crippen LogP contribution in [0.5, 0.6) is 0 Å². The summed E-state index contributed by atoms with van der Waals surface area (Å²) in [5, 5.41) is 0. The van der Waals surface area contributed by atoms with Crippen LogP contribution in [0.3, 0.4) is 0 Å². The smallest absolute Gasteiger partial charge is 0.307 e. The maximum atomic E-state index is 10.8. The molecule has 1 aliphatic heterocycles. The van der Waals surface area contributed by atoms with Gasteiger partial charge in [-0.3, -0.25) is 9.09 Å². The molecule has 5 heteroatoms. The fourth-order valence-corrected chi connectivity index (χ4v) is 1.95. The molecule has 1 heterocycles. The second kappa shape index (κ2) is 5.78. The Kier molecular flexibility index (Phi) is 5.37. The number of hydrogen-bond acceptors (Lipinski definition) is 3. The van der Waals surface area contributed by atoms with Gasteiger partial charge < -0.3 is 4.52 Å². The Balaban J connectivity index is 0.000000845. The van der Waals surface area contributed by atoms with Crippen LogP contribution in [-0.2, 0) is 13.6 Å². The van der Waals surface area contributed by atoms with Crippen molar-refractivity contribution in [2.45, 2.75) is 6.10 Å². The van der Waals surface area contributed by atoms with E-state index in [0.29, 0.717) is 6.61 Å². The third-order valence-corrected chi connectivity index (χ3v) is 2.64. The van der Waals surface area contributed by atoms with Gasteiger partial charge in [-0.2, -0.15) is 0 Å². The first-order valence-corrected chi connectivity index (χ1v) is 4.97. The van der Waals surface area contributed by atoms with Crippen molar-refractivity contribution in [3.05, 3.63) is 35.9 Å². The van der Waals surface area contributed by atoms with Crippen LogP contribution in [0.25, 0.3) is 0 Å². The molecule has 2 rings (SSSR count). The molecule has 0 amide bonds. The Hall–Kier alpha value is 1.01. The number of rotatable bonds is 1. The van der Waals surface area contributed by atoms with Crippen molar-refractivity contribution in [2.24, 2.45) is 0 Å². The van der Waals surface area contributed by atoms with Crippen molar-refractivity contribution in [1.29, 1.82) is 0 Å². The van der Waals surface area contributed by atoms with Gasteiger partial charge in [-0.05, 0) is 5.56 Å². The molecule has 3 nitrogen and oxygen atoms in total. The summed E-state index contributed by atoms with van der Waals surface area (Å²) >= 11 is 0. The Morgan fingerprint density at radius 3 is 2.54 bits per heavy atom. The van der Waals surface area contributed by atoms with Gasteiger partial charge in [-0.15, -0.1) is 0 Å². The molecule has 65 valence electrons. The molecule has 0 saturated carbocycles. The minimum absolute atomic E-state index is 0. The van der Waals surface area contributed by atoms with E-state index >= 15 is 0 Å². The van der Waals surface area contributed by atoms with E-state index in [0.717, 1.165) is 5.56 Å². The quantitative estimate of drug-likeness (QED) is 0.537. The second-order valence-electron chi connectivity index (χ2n) is 2.58. The average Bonchev–Trinajstić information content (AvgIpc) is 2.54. The standard InChI is InChI=1S/C8H9O3P.K/c9-12-10-6-8(11-12)7-4-2-1-3-5-7;/h1-5,8,12H,6H2;. The van der Waals surface area contributed by atoms with Crippen molar-refractivity contribution in [3.8, 4) is 0 Å². The van der Waals surface area contributed by atoms with Crippen LogP contribution in [0, 0.1) is 0 Å². The molecular weight excluding hydrogens is 214 g/mol. The van der Waals surface area contributed by atoms with Crippen molar-refractivity contribution >= 4 is 59.6 Å². The van der Waals surface area contributed by atoms with Gasteiger partial charge in [0, 0.05) is 51.4 Å². The largest absolute Gasteiger partial charge is 0.319 e. The number of hydrogen-bond donors (Lipinski definition) is 0. The molecule has 1 fully saturated rings. The molecular formula is C8H9KO3P. The van der Waals surface area contributed by atoms with Crippen LogP contribution in [0.1, 0.15) is 11.7 Å². The molecule has 0 N–H and O–H groups in total. The van der Waals surface area contributed by atoms with E-state index < -0.39 is 8.25 Å². The summed E-state index contributed by atoms with van der Waals surface area (Å²) in [6.45, 7) is 0.405. The van der Waals surface area contributed by atoms with Crippen molar-refractivity contribution in [2.75, 3.05) is 6.61 Å². The molecule has 2 atom stereocenters. The SMILES string of the molecule is O=[PH]1OCC(c2ccccc2)O1.[K]. The minimum atomic E-state index is -2.20. The van der Waals surface area contributed by atoms with E-state index in [2.05, 4.69) is 0 Å². The Morgan fingerprint density at radius 1 is 1.31 bits per heavy atom. The molecule has 0 aromatic heterocycles. The van der Waals surface area contributed by atoms with E-state index in [1.165, 1.54) is 0 Å². The van der Waals surface area contributed by atoms with Crippen molar-refractivity contribution in [1.82, 2.24) is 0 Å². The van der Waals surface area contributed by atoms with E-state index in [1.54, 1.807) is 0 Å². The zero-order valence-electron chi connectivity index (χ0n) is 7.40. The summed E-state index contributed by atoms with van der Waals surface area (Å²) in [5.74, 6) is 0. The molecule has 1 radical (unpaired) electrons. The van der Waals surface area contributed by atoms with Gasteiger partial charge in [0.1, 0.15) is 6.10 Å². The molecule has 1 aromatic rings. The van der Waals surface area contributed by atoms with E-state index in [9.17, 15) is 4.57 Å². The van der Waals surface area contributed by atoms with Crippen LogP contribution in [-0.4, -0.2) is 58.0 Å². The monoisotopic (exact) mass is 223 g/mol. The van der Waals surface area contributed by atoms with Crippen LogP contribution < -0.4 is 0 Å². The van der Waals surface area contributed by atoms with E-state index in [4.69, 9.17) is 9.05 Å². The summed E-state index contributed by atoms with van der Waals surface area (Å²) in [4.78, 5) is 0. The zero-order chi connectivity index (χ0) is 8.39. The first-order valence-electron chi connectivity index (χ1n) is 3.74. The summed E-state index contributed by atoms with van der Waals surface area (Å²) in [5.41, 5.74) is 1.02. The Bertz CT molecular complexity index is 291. The fraction of sp³-hybridized carbons (Fsp3) is 0.250. The summed E-state index contributed by atoms with van der Waals surface area (Å²) in [6, 6.07) is 9.66. The third-order valence-electron chi connectivity index (χ3n) is 1.76. The van der Waals surface area contributed by atoms with Crippen LogP contribution in [0.4, 0.5) is 0 Å². The molecule has 0 bridgehead atoms. The van der Waals surface area contributed by atoms with Gasteiger partial charge in [0.15, 0.2) is 0 Å². The maximum absolute atomic E-state index is 10.8. The van der Waals surface area contributed by atoms with Gasteiger partial charge in [0.2, 0.25) is 0 Å². The maximum Gasteiger partial charge on any atom is 0.319 e. The normalized spacial score (nSPS) is 26.8. The molecule has 1 saturated heterocycles. The van der Waals surface area contributed by atoms with E-state index in [1.807, 2.05) is 30.3 Å². The van der Waals surface area contributed by atoms with Crippen molar-refractivity contribution in [3.63, 3.8) is 0 Å². The van der Waals surface area contributed by atoms with Crippen LogP contribution >= 0.6 is 8.25 Å². The zero-order valence-corrected chi connectivity index (χ0v) is 11.5. The predicted molar refractivity (Wildman–Crippen MR) is 51.0 cm³/mol. The van der Waals surface area contributed by atoms with Gasteiger partial charge >= 0.3 is 8.25 Å². The van der Waals surface area contributed by atoms with Crippen LogP contribution in [0.2, 0.25) is 0 Å². The summed E-state index contributed by atoms with van der Waals surface area (Å²) in [6.07, 6.45) is -0.141. The molecule has 1 aliphatic rings. The van der Waals surface area contributed by atoms with Gasteiger partial charge in [0.05, 0.1) is 6.61 Å². The first-order chi connectivity index (χ1) is 5.86. The molecule has 0 spiro atoms. The Labute approximate surface area is 120 Å². The Morgan fingerprint density at radius 2 is 2.00 bits per heavy atom. The van der Waals surface area contributed by atoms with Gasteiger partial charge in [-0.25, -0.2) is 0 Å². The molecule has 2 unspecified atom stereocenters. The van der Waals surface area contributed by atoms with Gasteiger partial charge in [0.25, 0.3) is 0 Å². The van der Waals surface area contributed by atoms with E-state index in [-0.39, 0.29) is 57.5 Å². The molecule has 1 aromatic carbocycles. The van der Waals surface area contributed by atoms with Crippen molar-refractivity contribution < 1.29 is 13.6 Å². The number of benzene rings is 1. The summed E-state index contributed by atoms with van der Waals surface area (Å²) < 4.78 is 20.7. The third kappa shape index (κ3) is 3.25. The average molecular weight is 223 g/mol. The second-order valence-corrected chi connectivity index (χ2v) is 3.60. The fourth-order valence-electron chi connectivity index (χ4n) is 1.16. The minimum Gasteiger partial charge on any atom is -0.307 e. The molecule has 13 heavy (non-hydrogen) atoms. The first kappa shape index (κ1) is 12.1.